The van der Waals surface area contributed by atoms with Gasteiger partial charge in [0.2, 0.25) is 11.8 Å². The summed E-state index contributed by atoms with van der Waals surface area (Å²) >= 11 is 9.04. The van der Waals surface area contributed by atoms with Gasteiger partial charge in [-0.1, -0.05) is 6.07 Å². The molecule has 0 bridgehead atoms. The summed E-state index contributed by atoms with van der Waals surface area (Å²) in [6.45, 7) is 2.02. The van der Waals surface area contributed by atoms with Crippen molar-refractivity contribution in [3.05, 3.63) is 34.1 Å². The van der Waals surface area contributed by atoms with Gasteiger partial charge in [-0.15, -0.1) is 21.8 Å². The van der Waals surface area contributed by atoms with Gasteiger partial charge in [0.15, 0.2) is 0 Å². The van der Waals surface area contributed by atoms with Gasteiger partial charge >= 0.3 is 0 Å². The normalized spacial score (nSPS) is 10.6. The van der Waals surface area contributed by atoms with E-state index in [4.69, 9.17) is 16.0 Å². The highest BCUT2D eigenvalue weighted by Crippen LogP contribution is 2.28. The first-order valence-electron chi connectivity index (χ1n) is 4.35. The standard InChI is InChI=1S/C10H8BrClN2O/c1-6-2-3-7(8(11)4-6)10-14-13-9(5-12)15-10/h2-4H,5H2,1H3. The van der Waals surface area contributed by atoms with Crippen molar-refractivity contribution in [1.29, 1.82) is 0 Å². The van der Waals surface area contributed by atoms with E-state index in [-0.39, 0.29) is 5.88 Å². The highest BCUT2D eigenvalue weighted by Gasteiger charge is 2.10. The van der Waals surface area contributed by atoms with Crippen LogP contribution in [0.25, 0.3) is 11.5 Å². The monoisotopic (exact) mass is 286 g/mol. The third-order valence-electron chi connectivity index (χ3n) is 1.94. The van der Waals surface area contributed by atoms with Crippen LogP contribution in [0, 0.1) is 6.92 Å². The molecule has 0 saturated carbocycles. The van der Waals surface area contributed by atoms with Crippen LogP contribution in [0.2, 0.25) is 0 Å². The zero-order valence-corrected chi connectivity index (χ0v) is 10.3. The number of rotatable bonds is 2. The van der Waals surface area contributed by atoms with Gasteiger partial charge in [0.05, 0.1) is 5.56 Å². The first-order valence-corrected chi connectivity index (χ1v) is 5.68. The number of hydrogen-bond donors (Lipinski definition) is 0. The zero-order valence-electron chi connectivity index (χ0n) is 8.00. The molecule has 0 aliphatic heterocycles. The maximum absolute atomic E-state index is 5.58. The first kappa shape index (κ1) is 10.6. The molecule has 2 rings (SSSR count). The van der Waals surface area contributed by atoms with E-state index >= 15 is 0 Å². The Bertz CT molecular complexity index is 484. The SMILES string of the molecule is Cc1ccc(-c2nnc(CCl)o2)c(Br)c1. The van der Waals surface area contributed by atoms with Crippen molar-refractivity contribution < 1.29 is 4.42 Å². The van der Waals surface area contributed by atoms with E-state index in [1.165, 1.54) is 5.56 Å². The summed E-state index contributed by atoms with van der Waals surface area (Å²) in [4.78, 5) is 0. The molecule has 78 valence electrons. The van der Waals surface area contributed by atoms with Crippen molar-refractivity contribution >= 4 is 27.5 Å². The minimum atomic E-state index is 0.233. The van der Waals surface area contributed by atoms with Crippen molar-refractivity contribution in [2.75, 3.05) is 0 Å². The molecule has 1 aromatic carbocycles. The van der Waals surface area contributed by atoms with Crippen LogP contribution in [-0.2, 0) is 5.88 Å². The van der Waals surface area contributed by atoms with E-state index in [2.05, 4.69) is 26.1 Å². The number of aryl methyl sites for hydroxylation is 1. The van der Waals surface area contributed by atoms with E-state index in [0.29, 0.717) is 11.8 Å². The van der Waals surface area contributed by atoms with E-state index < -0.39 is 0 Å². The molecule has 0 N–H and O–H groups in total. The molecule has 0 unspecified atom stereocenters. The summed E-state index contributed by atoms with van der Waals surface area (Å²) in [6, 6.07) is 5.93. The third kappa shape index (κ3) is 2.21. The Morgan fingerprint density at radius 2 is 2.20 bits per heavy atom. The minimum Gasteiger partial charge on any atom is -0.419 e. The molecule has 0 fully saturated rings. The average Bonchev–Trinajstić information content (AvgIpc) is 2.66. The van der Waals surface area contributed by atoms with Gasteiger partial charge in [-0.05, 0) is 40.5 Å². The van der Waals surface area contributed by atoms with Crippen LogP contribution >= 0.6 is 27.5 Å². The minimum absolute atomic E-state index is 0.233. The summed E-state index contributed by atoms with van der Waals surface area (Å²) in [5.74, 6) is 1.15. The molecular formula is C10H8BrClN2O. The van der Waals surface area contributed by atoms with Crippen molar-refractivity contribution in [2.24, 2.45) is 0 Å². The summed E-state index contributed by atoms with van der Waals surface area (Å²) < 4.78 is 6.29. The zero-order chi connectivity index (χ0) is 10.8. The smallest absolute Gasteiger partial charge is 0.248 e. The largest absolute Gasteiger partial charge is 0.419 e. The molecule has 0 radical (unpaired) electrons. The molecule has 1 aromatic heterocycles. The maximum Gasteiger partial charge on any atom is 0.248 e. The third-order valence-corrected chi connectivity index (χ3v) is 2.82. The van der Waals surface area contributed by atoms with Gasteiger partial charge < -0.3 is 4.42 Å². The summed E-state index contributed by atoms with van der Waals surface area (Å²) in [7, 11) is 0. The molecule has 2 aromatic rings. The topological polar surface area (TPSA) is 38.9 Å². The Labute approximate surface area is 101 Å². The molecule has 3 nitrogen and oxygen atoms in total. The molecule has 5 heteroatoms. The fourth-order valence-corrected chi connectivity index (χ4v) is 1.98. The van der Waals surface area contributed by atoms with Gasteiger partial charge in [0, 0.05) is 4.47 Å². The van der Waals surface area contributed by atoms with Gasteiger partial charge in [-0.3, -0.25) is 0 Å². The number of nitrogens with zero attached hydrogens (tertiary/aromatic N) is 2. The predicted molar refractivity (Wildman–Crippen MR) is 61.7 cm³/mol. The number of hydrogen-bond acceptors (Lipinski definition) is 3. The second kappa shape index (κ2) is 4.33. The predicted octanol–water partition coefficient (Wildman–Crippen LogP) is 3.55. The highest BCUT2D eigenvalue weighted by molar-refractivity contribution is 9.10. The summed E-state index contributed by atoms with van der Waals surface area (Å²) in [5.41, 5.74) is 2.05. The quantitative estimate of drug-likeness (QED) is 0.793. The lowest BCUT2D eigenvalue weighted by Crippen LogP contribution is -1.81. The molecule has 0 aliphatic carbocycles. The van der Waals surface area contributed by atoms with Crippen LogP contribution in [0.5, 0.6) is 0 Å². The lowest BCUT2D eigenvalue weighted by Gasteiger charge is -1.99. The molecular weight excluding hydrogens is 279 g/mol. The van der Waals surface area contributed by atoms with Gasteiger partial charge in [0.1, 0.15) is 5.88 Å². The second-order valence-electron chi connectivity index (χ2n) is 3.12. The van der Waals surface area contributed by atoms with Crippen LogP contribution in [0.4, 0.5) is 0 Å². The first-order chi connectivity index (χ1) is 7.20. The maximum atomic E-state index is 5.58. The molecule has 15 heavy (non-hydrogen) atoms. The van der Waals surface area contributed by atoms with Crippen molar-refractivity contribution in [3.8, 4) is 11.5 Å². The highest BCUT2D eigenvalue weighted by atomic mass is 79.9. The number of alkyl halides is 1. The molecule has 0 saturated heterocycles. The molecule has 0 spiro atoms. The molecule has 0 aliphatic rings. The Morgan fingerprint density at radius 3 is 2.80 bits per heavy atom. The van der Waals surface area contributed by atoms with Crippen LogP contribution in [0.3, 0.4) is 0 Å². The Morgan fingerprint density at radius 1 is 1.40 bits per heavy atom. The van der Waals surface area contributed by atoms with Crippen molar-refractivity contribution in [3.63, 3.8) is 0 Å². The number of halogens is 2. The van der Waals surface area contributed by atoms with Crippen LogP contribution in [0.15, 0.2) is 27.1 Å². The number of aromatic nitrogens is 2. The molecule has 0 atom stereocenters. The van der Waals surface area contributed by atoms with Crippen LogP contribution in [-0.4, -0.2) is 10.2 Å². The lowest BCUT2D eigenvalue weighted by atomic mass is 10.1. The number of benzene rings is 1. The van der Waals surface area contributed by atoms with Gasteiger partial charge in [-0.2, -0.15) is 0 Å². The Kier molecular flexibility index (Phi) is 3.07. The summed E-state index contributed by atoms with van der Waals surface area (Å²) in [6.07, 6.45) is 0. The van der Waals surface area contributed by atoms with E-state index in [0.717, 1.165) is 10.0 Å². The van der Waals surface area contributed by atoms with Crippen molar-refractivity contribution in [2.45, 2.75) is 12.8 Å². The average molecular weight is 288 g/mol. The van der Waals surface area contributed by atoms with Crippen LogP contribution in [0.1, 0.15) is 11.5 Å². The Balaban J connectivity index is 2.44. The van der Waals surface area contributed by atoms with Gasteiger partial charge in [-0.25, -0.2) is 0 Å². The molecule has 1 heterocycles. The molecule has 0 amide bonds. The second-order valence-corrected chi connectivity index (χ2v) is 4.24. The van der Waals surface area contributed by atoms with Crippen molar-refractivity contribution in [1.82, 2.24) is 10.2 Å². The van der Waals surface area contributed by atoms with E-state index in [1.807, 2.05) is 25.1 Å². The summed E-state index contributed by atoms with van der Waals surface area (Å²) in [5, 5.41) is 7.72. The fourth-order valence-electron chi connectivity index (χ4n) is 1.21. The van der Waals surface area contributed by atoms with Gasteiger partial charge in [0.25, 0.3) is 0 Å². The van der Waals surface area contributed by atoms with E-state index in [1.54, 1.807) is 0 Å². The Hall–Kier alpha value is -0.870. The van der Waals surface area contributed by atoms with Crippen LogP contribution < -0.4 is 0 Å². The fraction of sp³-hybridized carbons (Fsp3) is 0.200. The lowest BCUT2D eigenvalue weighted by molar-refractivity contribution is 0.527. The van der Waals surface area contributed by atoms with E-state index in [9.17, 15) is 0 Å².